The van der Waals surface area contributed by atoms with Gasteiger partial charge in [-0.15, -0.1) is 0 Å². The van der Waals surface area contributed by atoms with Crippen LogP contribution in [0.1, 0.15) is 132 Å². The molecule has 5 N–H and O–H groups in total. The summed E-state index contributed by atoms with van der Waals surface area (Å²) in [5.41, 5.74) is 4.24. The summed E-state index contributed by atoms with van der Waals surface area (Å²) in [6.45, 7) is 29.5. The van der Waals surface area contributed by atoms with Gasteiger partial charge in [0.15, 0.2) is 0 Å². The molecule has 0 fully saturated rings. The van der Waals surface area contributed by atoms with Crippen LogP contribution in [0.4, 0.5) is 0 Å². The van der Waals surface area contributed by atoms with Crippen LogP contribution in [0.5, 0.6) is 0 Å². The number of hydrogen-bond acceptors (Lipinski definition) is 16. The van der Waals surface area contributed by atoms with Gasteiger partial charge in [-0.05, 0) is 144 Å². The van der Waals surface area contributed by atoms with Crippen LogP contribution in [-0.2, 0) is 104 Å². The first-order valence-corrected chi connectivity index (χ1v) is 36.5. The second-order valence-electron chi connectivity index (χ2n) is 27.5. The third-order valence-corrected chi connectivity index (χ3v) is 15.6. The number of halogens is 3. The molecule has 0 aliphatic carbocycles. The average Bonchev–Trinajstić information content (AvgIpc) is 0.833. The lowest BCUT2D eigenvalue weighted by Gasteiger charge is -2.15. The molecule has 0 radical (unpaired) electrons. The Balaban J connectivity index is 0.000000345. The Hall–Kier alpha value is -9.44. The molecular formula is C82H105Cl3N6O15. The monoisotopic (exact) mass is 1520 g/mol. The Kier molecular flexibility index (Phi) is 41.6. The molecular weight excluding hydrogens is 1420 g/mol. The summed E-state index contributed by atoms with van der Waals surface area (Å²) < 4.78 is 25.4. The number of pyridine rings is 1. The van der Waals surface area contributed by atoms with E-state index < -0.39 is 60.1 Å². The third-order valence-electron chi connectivity index (χ3n) is 14.6. The van der Waals surface area contributed by atoms with Crippen molar-refractivity contribution in [1.29, 1.82) is 0 Å². The smallest absolute Gasteiger partial charge is 0.328 e. The minimum absolute atomic E-state index is 0.124. The molecule has 106 heavy (non-hydrogen) atoms. The fourth-order valence-electron chi connectivity index (χ4n) is 9.09. The van der Waals surface area contributed by atoms with Crippen molar-refractivity contribution in [2.45, 2.75) is 166 Å². The van der Waals surface area contributed by atoms with Gasteiger partial charge in [0, 0.05) is 17.4 Å². The molecule has 1 aromatic heterocycles. The Morgan fingerprint density at radius 3 is 1.06 bits per heavy atom. The van der Waals surface area contributed by atoms with Gasteiger partial charge in [-0.3, -0.25) is 29.0 Å². The van der Waals surface area contributed by atoms with Crippen molar-refractivity contribution in [3.63, 3.8) is 0 Å². The molecule has 0 bridgehead atoms. The summed E-state index contributed by atoms with van der Waals surface area (Å²) in [6.07, 6.45) is 4.29. The second kappa shape index (κ2) is 48.6. The molecule has 0 aliphatic rings. The fraction of sp³-hybridized carbons (Fsp3) is 0.427. The number of rotatable bonds is 30. The summed E-state index contributed by atoms with van der Waals surface area (Å²) >= 11 is 17.5. The molecule has 0 saturated carbocycles. The lowest BCUT2D eigenvalue weighted by molar-refractivity contribution is -0.148. The maximum absolute atomic E-state index is 12.2. The Bertz CT molecular complexity index is 3940. The number of carbonyl (C=O) groups excluding carboxylic acids is 10. The Labute approximate surface area is 639 Å². The minimum atomic E-state index is -0.681. The maximum atomic E-state index is 12.2. The van der Waals surface area contributed by atoms with E-state index in [-0.39, 0.29) is 91.2 Å². The molecule has 0 saturated heterocycles. The highest BCUT2D eigenvalue weighted by Crippen LogP contribution is 2.24. The summed E-state index contributed by atoms with van der Waals surface area (Å²) in [5, 5.41) is 19.1. The highest BCUT2D eigenvalue weighted by molar-refractivity contribution is 6.42. The van der Waals surface area contributed by atoms with Gasteiger partial charge in [-0.2, -0.15) is 0 Å². The number of amides is 5. The van der Waals surface area contributed by atoms with Crippen LogP contribution in [0, 0.1) is 29.6 Å². The van der Waals surface area contributed by atoms with E-state index in [1.54, 1.807) is 95.5 Å². The number of nitrogens with one attached hydrogen (secondary N) is 5. The van der Waals surface area contributed by atoms with Crippen LogP contribution in [0.25, 0.3) is 21.5 Å². The topological polar surface area (TPSA) is 290 Å². The van der Waals surface area contributed by atoms with Crippen molar-refractivity contribution in [3.05, 3.63) is 195 Å². The fourth-order valence-corrected chi connectivity index (χ4v) is 9.54. The van der Waals surface area contributed by atoms with Crippen molar-refractivity contribution < 1.29 is 71.6 Å². The number of fused-ring (bicyclic) bond motifs is 2. The van der Waals surface area contributed by atoms with Crippen molar-refractivity contribution in [2.75, 3.05) is 33.0 Å². The zero-order chi connectivity index (χ0) is 79.0. The van der Waals surface area contributed by atoms with E-state index in [9.17, 15) is 47.9 Å². The maximum Gasteiger partial charge on any atom is 0.328 e. The SMILES string of the molecule is CC(C)COC(=O)C(C)NC(=O)Cc1ccc(Cl)c(Cl)c1.CC(C)COC(=O)C(C)NC(=O)Cc1ccc(Cl)cc1.CC(C)COC(=O)C(C)NC(=O)Cc1ccc2ccccc2c1.CC(C)COC(=O)C(C)NC(=O)Cc1cccc2ccccc12.CC(C)COC(=O)C(C)NC(=O)Cc1cccnc1. The second-order valence-corrected chi connectivity index (χ2v) is 28.8. The number of esters is 5. The zero-order valence-corrected chi connectivity index (χ0v) is 65.8. The zero-order valence-electron chi connectivity index (χ0n) is 63.5. The number of benzene rings is 6. The summed E-state index contributed by atoms with van der Waals surface area (Å²) in [4.78, 5) is 122. The lowest BCUT2D eigenvalue weighted by Crippen LogP contribution is -2.40. The molecule has 1 heterocycles. The molecule has 6 aromatic carbocycles. The Morgan fingerprint density at radius 2 is 0.660 bits per heavy atom. The highest BCUT2D eigenvalue weighted by Gasteiger charge is 2.23. The molecule has 21 nitrogen and oxygen atoms in total. The summed E-state index contributed by atoms with van der Waals surface area (Å²) in [7, 11) is 0. The van der Waals surface area contributed by atoms with Crippen LogP contribution < -0.4 is 26.6 Å². The highest BCUT2D eigenvalue weighted by atomic mass is 35.5. The van der Waals surface area contributed by atoms with Gasteiger partial charge in [-0.25, -0.2) is 24.0 Å². The number of hydrogen-bond donors (Lipinski definition) is 5. The van der Waals surface area contributed by atoms with E-state index in [2.05, 4.69) is 31.6 Å². The number of carbonyl (C=O) groups is 10. The lowest BCUT2D eigenvalue weighted by atomic mass is 10.0. The quantitative estimate of drug-likeness (QED) is 0.0207. The van der Waals surface area contributed by atoms with E-state index in [0.717, 1.165) is 49.4 Å². The first kappa shape index (κ1) is 90.8. The molecule has 5 unspecified atom stereocenters. The van der Waals surface area contributed by atoms with Crippen LogP contribution in [0.3, 0.4) is 0 Å². The molecule has 574 valence electrons. The van der Waals surface area contributed by atoms with E-state index in [4.69, 9.17) is 58.5 Å². The molecule has 0 aliphatic heterocycles. The predicted molar refractivity (Wildman–Crippen MR) is 416 cm³/mol. The predicted octanol–water partition coefficient (Wildman–Crippen LogP) is 13.3. The van der Waals surface area contributed by atoms with E-state index >= 15 is 0 Å². The molecule has 24 heteroatoms. The largest absolute Gasteiger partial charge is 0.464 e. The molecule has 5 atom stereocenters. The van der Waals surface area contributed by atoms with Crippen molar-refractivity contribution in [1.82, 2.24) is 31.6 Å². The first-order chi connectivity index (χ1) is 50.1. The van der Waals surface area contributed by atoms with E-state index in [1.165, 1.54) is 0 Å². The standard InChI is InChI=1S/2C19H23NO3.C15H19Cl2NO3.C15H20ClNO3.C14H20N2O3/c1-13(2)12-23-19(22)14(3)20-18(21)11-16-9-6-8-15-7-4-5-10-17(15)16;1-13(2)12-23-19(22)14(3)20-18(21)11-15-8-9-16-6-4-5-7-17(16)10-15;1-9(2)8-21-15(20)10(3)18-14(19)7-11-4-5-12(16)13(17)6-11;1-10(2)9-20-15(19)11(3)17-14(18)8-12-4-6-13(16)7-5-12;1-10(2)9-19-14(18)11(3)16-13(17)7-12-5-4-6-15-8-12/h2*4-10,13-14H,11-12H2,1-3H3,(H,20,21);4-6,9-10H,7-8H2,1-3H3,(H,18,19);4-7,10-11H,8-9H2,1-3H3,(H,17,18);4-6,8,10-11H,7,9H2,1-3H3,(H,16,17). The summed E-state index contributed by atoms with van der Waals surface area (Å²) in [6, 6.07) is 40.1. The Morgan fingerprint density at radius 1 is 0.321 bits per heavy atom. The molecule has 7 aromatic rings. The van der Waals surface area contributed by atoms with E-state index in [0.29, 0.717) is 48.1 Å². The number of ether oxygens (including phenoxy) is 5. The van der Waals surface area contributed by atoms with Crippen LogP contribution in [0.2, 0.25) is 15.1 Å². The van der Waals surface area contributed by atoms with Crippen molar-refractivity contribution >= 4 is 116 Å². The van der Waals surface area contributed by atoms with Gasteiger partial charge < -0.3 is 50.3 Å². The molecule has 7 rings (SSSR count). The average molecular weight is 1520 g/mol. The number of aromatic nitrogens is 1. The summed E-state index contributed by atoms with van der Waals surface area (Å²) in [5.74, 6) is -1.78. The normalized spacial score (nSPS) is 12.1. The molecule has 0 spiro atoms. The van der Waals surface area contributed by atoms with Gasteiger partial charge in [0.1, 0.15) is 30.2 Å². The van der Waals surface area contributed by atoms with Crippen LogP contribution >= 0.6 is 34.8 Å². The number of nitrogens with zero attached hydrogens (tertiary/aromatic N) is 1. The third kappa shape index (κ3) is 38.0. The van der Waals surface area contributed by atoms with Crippen LogP contribution in [0.15, 0.2) is 152 Å². The van der Waals surface area contributed by atoms with Crippen molar-refractivity contribution in [3.8, 4) is 0 Å². The minimum Gasteiger partial charge on any atom is -0.464 e. The van der Waals surface area contributed by atoms with Crippen LogP contribution in [-0.4, -0.2) is 128 Å². The van der Waals surface area contributed by atoms with E-state index in [1.807, 2.05) is 160 Å². The molecule has 5 amide bonds. The van der Waals surface area contributed by atoms with Gasteiger partial charge in [0.05, 0.1) is 75.2 Å². The van der Waals surface area contributed by atoms with Gasteiger partial charge in [-0.1, -0.05) is 213 Å². The van der Waals surface area contributed by atoms with Gasteiger partial charge in [0.25, 0.3) is 0 Å². The van der Waals surface area contributed by atoms with Gasteiger partial charge >= 0.3 is 29.8 Å². The first-order valence-electron chi connectivity index (χ1n) is 35.4. The van der Waals surface area contributed by atoms with Gasteiger partial charge in [0.2, 0.25) is 29.5 Å². The van der Waals surface area contributed by atoms with Crippen molar-refractivity contribution in [2.24, 2.45) is 29.6 Å².